The van der Waals surface area contributed by atoms with E-state index in [1.54, 1.807) is 24.3 Å². The van der Waals surface area contributed by atoms with Crippen LogP contribution < -0.4 is 0 Å². The Morgan fingerprint density at radius 1 is 1.33 bits per heavy atom. The molecule has 2 aromatic rings. The number of rotatable bonds is 2. The van der Waals surface area contributed by atoms with Crippen LogP contribution in [0.5, 0.6) is 0 Å². The lowest BCUT2D eigenvalue weighted by molar-refractivity contribution is -0.141. The van der Waals surface area contributed by atoms with Crippen molar-refractivity contribution in [3.8, 4) is 5.69 Å². The Morgan fingerprint density at radius 3 is 2.71 bits per heavy atom. The third kappa shape index (κ3) is 2.73. The van der Waals surface area contributed by atoms with E-state index in [1.807, 2.05) is 0 Å². The highest BCUT2D eigenvalue weighted by atomic mass is 35.5. The van der Waals surface area contributed by atoms with Crippen LogP contribution in [-0.4, -0.2) is 33.3 Å². The summed E-state index contributed by atoms with van der Waals surface area (Å²) in [7, 11) is 0. The zero-order valence-corrected chi connectivity index (χ0v) is 11.3. The molecule has 4 nitrogen and oxygen atoms in total. The van der Waals surface area contributed by atoms with Crippen LogP contribution in [0.4, 0.5) is 13.2 Å². The van der Waals surface area contributed by atoms with E-state index in [0.29, 0.717) is 16.4 Å². The minimum absolute atomic E-state index is 0.138. The first-order valence-electron chi connectivity index (χ1n) is 6.04. The first kappa shape index (κ1) is 13.9. The van der Waals surface area contributed by atoms with E-state index < -0.39 is 18.6 Å². The van der Waals surface area contributed by atoms with Crippen molar-refractivity contribution in [3.63, 3.8) is 0 Å². The van der Waals surface area contributed by atoms with Gasteiger partial charge in [-0.05, 0) is 18.2 Å². The maximum atomic E-state index is 12.4. The lowest BCUT2D eigenvalue weighted by atomic mass is 10.3. The van der Waals surface area contributed by atoms with Crippen LogP contribution >= 0.6 is 11.6 Å². The molecule has 0 atom stereocenters. The van der Waals surface area contributed by atoms with Crippen molar-refractivity contribution in [1.82, 2.24) is 14.7 Å². The third-order valence-corrected chi connectivity index (χ3v) is 3.33. The number of carbonyl (C=O) groups excluding carboxylic acids is 1. The van der Waals surface area contributed by atoms with Crippen LogP contribution in [0.15, 0.2) is 30.5 Å². The van der Waals surface area contributed by atoms with Gasteiger partial charge in [0.25, 0.3) is 5.91 Å². The number of amides is 1. The fraction of sp³-hybridized carbons (Fsp3) is 0.231. The van der Waals surface area contributed by atoms with Gasteiger partial charge in [-0.3, -0.25) is 4.79 Å². The zero-order chi connectivity index (χ0) is 15.2. The van der Waals surface area contributed by atoms with Crippen LogP contribution in [0.25, 0.3) is 5.69 Å². The number of fused-ring (bicyclic) bond motifs is 1. The summed E-state index contributed by atoms with van der Waals surface area (Å²) in [6.07, 6.45) is -2.98. The molecule has 0 unspecified atom stereocenters. The van der Waals surface area contributed by atoms with E-state index in [4.69, 9.17) is 11.6 Å². The monoisotopic (exact) mass is 315 g/mol. The lowest BCUT2D eigenvalue weighted by Crippen LogP contribution is -2.34. The smallest absolute Gasteiger partial charge is 0.323 e. The van der Waals surface area contributed by atoms with Crippen LogP contribution in [0.1, 0.15) is 16.1 Å². The Balaban J connectivity index is 1.87. The van der Waals surface area contributed by atoms with Gasteiger partial charge in [-0.15, -0.1) is 0 Å². The van der Waals surface area contributed by atoms with Crippen LogP contribution in [0, 0.1) is 0 Å². The maximum absolute atomic E-state index is 12.4. The van der Waals surface area contributed by atoms with Crippen molar-refractivity contribution in [2.75, 3.05) is 6.54 Å². The average molecular weight is 316 g/mol. The SMILES string of the molecule is O=C1c2cn(-c3cccc(Cl)c3)nc2CN1CC(F)(F)F. The van der Waals surface area contributed by atoms with E-state index in [1.165, 1.54) is 10.9 Å². The van der Waals surface area contributed by atoms with Gasteiger partial charge in [0, 0.05) is 11.2 Å². The van der Waals surface area contributed by atoms with E-state index in [-0.39, 0.29) is 12.1 Å². The van der Waals surface area contributed by atoms with E-state index in [2.05, 4.69) is 5.10 Å². The summed E-state index contributed by atoms with van der Waals surface area (Å²) in [5.41, 5.74) is 1.18. The van der Waals surface area contributed by atoms with Crippen molar-refractivity contribution in [1.29, 1.82) is 0 Å². The normalized spacial score (nSPS) is 14.7. The highest BCUT2D eigenvalue weighted by Gasteiger charge is 2.38. The fourth-order valence-corrected chi connectivity index (χ4v) is 2.41. The van der Waals surface area contributed by atoms with Gasteiger partial charge in [0.15, 0.2) is 0 Å². The summed E-state index contributed by atoms with van der Waals surface area (Å²) in [6.45, 7) is -1.40. The Kier molecular flexibility index (Phi) is 3.16. The molecule has 110 valence electrons. The molecule has 0 bridgehead atoms. The molecule has 0 fully saturated rings. The summed E-state index contributed by atoms with van der Waals surface area (Å²) < 4.78 is 38.5. The van der Waals surface area contributed by atoms with Gasteiger partial charge >= 0.3 is 6.18 Å². The van der Waals surface area contributed by atoms with E-state index in [0.717, 1.165) is 4.90 Å². The molecular formula is C13H9ClF3N3O. The molecule has 0 radical (unpaired) electrons. The Bertz CT molecular complexity index is 711. The number of nitrogens with zero attached hydrogens (tertiary/aromatic N) is 3. The second-order valence-electron chi connectivity index (χ2n) is 4.69. The molecule has 0 N–H and O–H groups in total. The Morgan fingerprint density at radius 2 is 2.10 bits per heavy atom. The maximum Gasteiger partial charge on any atom is 0.406 e. The van der Waals surface area contributed by atoms with Crippen molar-refractivity contribution in [2.45, 2.75) is 12.7 Å². The number of carbonyl (C=O) groups is 1. The molecule has 1 aliphatic heterocycles. The number of hydrogen-bond acceptors (Lipinski definition) is 2. The van der Waals surface area contributed by atoms with Gasteiger partial charge in [-0.2, -0.15) is 18.3 Å². The van der Waals surface area contributed by atoms with Crippen LogP contribution in [-0.2, 0) is 6.54 Å². The minimum Gasteiger partial charge on any atom is -0.323 e. The highest BCUT2D eigenvalue weighted by Crippen LogP contribution is 2.27. The van der Waals surface area contributed by atoms with Crippen molar-refractivity contribution in [2.24, 2.45) is 0 Å². The molecule has 1 amide bonds. The first-order valence-corrected chi connectivity index (χ1v) is 6.42. The van der Waals surface area contributed by atoms with Gasteiger partial charge in [0.2, 0.25) is 0 Å². The summed E-state index contributed by atoms with van der Waals surface area (Å²) in [5.74, 6) is -0.657. The first-order chi connectivity index (χ1) is 9.83. The van der Waals surface area contributed by atoms with Crippen LogP contribution in [0.2, 0.25) is 5.02 Å². The number of hydrogen-bond donors (Lipinski definition) is 0. The molecule has 1 aromatic heterocycles. The lowest BCUT2D eigenvalue weighted by Gasteiger charge is -2.17. The molecule has 2 heterocycles. The Hall–Kier alpha value is -2.02. The number of halogens is 4. The number of aromatic nitrogens is 2. The molecular weight excluding hydrogens is 307 g/mol. The molecule has 1 aromatic carbocycles. The zero-order valence-electron chi connectivity index (χ0n) is 10.6. The molecule has 0 spiro atoms. The standard InChI is InChI=1S/C13H9ClF3N3O/c14-8-2-1-3-9(4-8)20-5-10-11(18-20)6-19(12(10)21)7-13(15,16)17/h1-5H,6-7H2. The quantitative estimate of drug-likeness (QED) is 0.854. The topological polar surface area (TPSA) is 38.1 Å². The summed E-state index contributed by atoms with van der Waals surface area (Å²) in [6, 6.07) is 6.81. The molecule has 21 heavy (non-hydrogen) atoms. The van der Waals surface area contributed by atoms with E-state index >= 15 is 0 Å². The van der Waals surface area contributed by atoms with Gasteiger partial charge in [-0.25, -0.2) is 4.68 Å². The molecule has 3 rings (SSSR count). The highest BCUT2D eigenvalue weighted by molar-refractivity contribution is 6.30. The predicted octanol–water partition coefficient (Wildman–Crippen LogP) is 3.04. The van der Waals surface area contributed by atoms with Gasteiger partial charge in [0.05, 0.1) is 23.5 Å². The summed E-state index contributed by atoms with van der Waals surface area (Å²) >= 11 is 5.87. The molecule has 0 saturated heterocycles. The van der Waals surface area contributed by atoms with Gasteiger partial charge < -0.3 is 4.90 Å². The van der Waals surface area contributed by atoms with Crippen molar-refractivity contribution in [3.05, 3.63) is 46.7 Å². The number of alkyl halides is 3. The molecule has 0 saturated carbocycles. The number of benzene rings is 1. The summed E-state index contributed by atoms with van der Waals surface area (Å²) in [5, 5.41) is 4.67. The molecule has 8 heteroatoms. The molecule has 0 aliphatic carbocycles. The molecule has 1 aliphatic rings. The Labute approximate surface area is 122 Å². The van der Waals surface area contributed by atoms with Crippen LogP contribution in [0.3, 0.4) is 0 Å². The minimum atomic E-state index is -4.41. The fourth-order valence-electron chi connectivity index (χ4n) is 2.22. The largest absolute Gasteiger partial charge is 0.406 e. The second kappa shape index (κ2) is 4.77. The van der Waals surface area contributed by atoms with Crippen molar-refractivity contribution >= 4 is 17.5 Å². The van der Waals surface area contributed by atoms with Crippen molar-refractivity contribution < 1.29 is 18.0 Å². The predicted molar refractivity (Wildman–Crippen MR) is 69.4 cm³/mol. The van der Waals surface area contributed by atoms with Gasteiger partial charge in [0.1, 0.15) is 6.54 Å². The summed E-state index contributed by atoms with van der Waals surface area (Å²) in [4.78, 5) is 12.7. The second-order valence-corrected chi connectivity index (χ2v) is 5.13. The average Bonchev–Trinajstić information content (AvgIpc) is 2.89. The van der Waals surface area contributed by atoms with E-state index in [9.17, 15) is 18.0 Å². The third-order valence-electron chi connectivity index (χ3n) is 3.09. The van der Waals surface area contributed by atoms with Gasteiger partial charge in [-0.1, -0.05) is 17.7 Å².